The van der Waals surface area contributed by atoms with E-state index in [0.29, 0.717) is 23.6 Å². The fourth-order valence-corrected chi connectivity index (χ4v) is 3.86. The maximum absolute atomic E-state index is 13.4. The predicted molar refractivity (Wildman–Crippen MR) is 89.3 cm³/mol. The van der Waals surface area contributed by atoms with Gasteiger partial charge in [-0.25, -0.2) is 4.39 Å². The first-order chi connectivity index (χ1) is 9.89. The second kappa shape index (κ2) is 6.32. The van der Waals surface area contributed by atoms with Crippen molar-refractivity contribution in [2.24, 2.45) is 5.73 Å². The molecule has 0 aromatic heterocycles. The molecule has 1 aliphatic heterocycles. The van der Waals surface area contributed by atoms with Crippen molar-refractivity contribution in [2.75, 3.05) is 19.3 Å². The Morgan fingerprint density at radius 2 is 2.05 bits per heavy atom. The summed E-state index contributed by atoms with van der Waals surface area (Å²) in [5.41, 5.74) is 7.07. The summed E-state index contributed by atoms with van der Waals surface area (Å²) in [6.07, 6.45) is 3.47. The third-order valence-electron chi connectivity index (χ3n) is 4.13. The molecule has 0 atom stereocenters. The summed E-state index contributed by atoms with van der Waals surface area (Å²) in [4.78, 5) is 14.8. The Morgan fingerprint density at radius 1 is 1.43 bits per heavy atom. The normalized spacial score (nSPS) is 17.6. The van der Waals surface area contributed by atoms with Gasteiger partial charge in [-0.3, -0.25) is 4.79 Å². The lowest BCUT2D eigenvalue weighted by atomic mass is 9.94. The Hall–Kier alpha value is -1.14. The molecule has 0 bridgehead atoms. The summed E-state index contributed by atoms with van der Waals surface area (Å²) in [7, 11) is 0. The Labute approximate surface area is 134 Å². The molecule has 0 radical (unpaired) electrons. The number of nitrogens with zero attached hydrogens (tertiary/aromatic N) is 1. The molecule has 1 aliphatic rings. The molecule has 1 heterocycles. The number of thioether (sulfide) groups is 1. The van der Waals surface area contributed by atoms with Crippen LogP contribution in [0.4, 0.5) is 4.39 Å². The molecule has 2 rings (SSSR count). The van der Waals surface area contributed by atoms with Gasteiger partial charge in [-0.15, -0.1) is 0 Å². The Bertz CT molecular complexity index is 569. The predicted octanol–water partition coefficient (Wildman–Crippen LogP) is 2.76. The number of halogens is 1. The monoisotopic (exact) mass is 326 g/mol. The van der Waals surface area contributed by atoms with E-state index < -0.39 is 0 Å². The second-order valence-electron chi connectivity index (χ2n) is 5.31. The highest BCUT2D eigenvalue weighted by molar-refractivity contribution is 8.02. The summed E-state index contributed by atoms with van der Waals surface area (Å²) in [6.45, 7) is 3.00. The molecule has 1 aromatic carbocycles. The zero-order valence-electron chi connectivity index (χ0n) is 12.2. The summed E-state index contributed by atoms with van der Waals surface area (Å²) >= 11 is 6.82. The van der Waals surface area contributed by atoms with Crippen molar-refractivity contribution in [2.45, 2.75) is 24.5 Å². The summed E-state index contributed by atoms with van der Waals surface area (Å²) in [5, 5.41) is 0. The lowest BCUT2D eigenvalue weighted by Gasteiger charge is -2.40. The highest BCUT2D eigenvalue weighted by Gasteiger charge is 2.38. The molecule has 0 aliphatic carbocycles. The van der Waals surface area contributed by atoms with Gasteiger partial charge in [0.1, 0.15) is 5.82 Å². The minimum atomic E-state index is -0.387. The number of carbonyl (C=O) groups is 1. The number of aryl methyl sites for hydroxylation is 1. The SMILES string of the molecule is CSC1(C(N)=S)CCN(C(=O)c2cc(F)ccc2C)CC1. The third kappa shape index (κ3) is 3.21. The molecule has 0 spiro atoms. The van der Waals surface area contributed by atoms with E-state index in [0.717, 1.165) is 18.4 Å². The van der Waals surface area contributed by atoms with Crippen LogP contribution in [0.2, 0.25) is 0 Å². The van der Waals surface area contributed by atoms with Gasteiger partial charge in [-0.05, 0) is 43.7 Å². The molecule has 1 saturated heterocycles. The molecule has 1 aromatic rings. The zero-order chi connectivity index (χ0) is 15.6. The highest BCUT2D eigenvalue weighted by Crippen LogP contribution is 2.35. The van der Waals surface area contributed by atoms with Crippen LogP contribution in [0.15, 0.2) is 18.2 Å². The van der Waals surface area contributed by atoms with E-state index in [-0.39, 0.29) is 16.5 Å². The van der Waals surface area contributed by atoms with Crippen molar-refractivity contribution < 1.29 is 9.18 Å². The highest BCUT2D eigenvalue weighted by atomic mass is 32.2. The van der Waals surface area contributed by atoms with Gasteiger partial charge in [0.25, 0.3) is 5.91 Å². The molecule has 3 nitrogen and oxygen atoms in total. The first-order valence-corrected chi connectivity index (χ1v) is 8.43. The van der Waals surface area contributed by atoms with Gasteiger partial charge in [0.05, 0.1) is 9.74 Å². The average molecular weight is 326 g/mol. The molecule has 0 saturated carbocycles. The van der Waals surface area contributed by atoms with E-state index in [4.69, 9.17) is 18.0 Å². The van der Waals surface area contributed by atoms with Gasteiger partial charge < -0.3 is 10.6 Å². The van der Waals surface area contributed by atoms with Gasteiger partial charge in [-0.2, -0.15) is 11.8 Å². The van der Waals surface area contributed by atoms with E-state index in [9.17, 15) is 9.18 Å². The smallest absolute Gasteiger partial charge is 0.254 e. The van der Waals surface area contributed by atoms with Crippen molar-refractivity contribution in [1.82, 2.24) is 4.90 Å². The van der Waals surface area contributed by atoms with Crippen LogP contribution in [-0.4, -0.2) is 39.9 Å². The van der Waals surface area contributed by atoms with E-state index >= 15 is 0 Å². The van der Waals surface area contributed by atoms with Gasteiger partial charge in [0.2, 0.25) is 0 Å². The standard InChI is InChI=1S/C15H19FN2OS2/c1-10-3-4-11(16)9-12(10)13(19)18-7-5-15(21-2,6-8-18)14(17)20/h3-4,9H,5-8H2,1-2H3,(H2,17,20). The topological polar surface area (TPSA) is 46.3 Å². The lowest BCUT2D eigenvalue weighted by molar-refractivity contribution is 0.0717. The van der Waals surface area contributed by atoms with Crippen LogP contribution in [0, 0.1) is 12.7 Å². The molecule has 21 heavy (non-hydrogen) atoms. The van der Waals surface area contributed by atoms with Crippen LogP contribution < -0.4 is 5.73 Å². The van der Waals surface area contributed by atoms with Crippen molar-refractivity contribution in [3.63, 3.8) is 0 Å². The quantitative estimate of drug-likeness (QED) is 0.868. The van der Waals surface area contributed by atoms with Gasteiger partial charge in [0.15, 0.2) is 0 Å². The number of rotatable bonds is 3. The number of benzene rings is 1. The minimum Gasteiger partial charge on any atom is -0.392 e. The minimum absolute atomic E-state index is 0.121. The largest absolute Gasteiger partial charge is 0.392 e. The molecular weight excluding hydrogens is 307 g/mol. The molecule has 6 heteroatoms. The number of carbonyl (C=O) groups excluding carboxylic acids is 1. The molecule has 1 fully saturated rings. The third-order valence-corrected chi connectivity index (χ3v) is 6.06. The van der Waals surface area contributed by atoms with Crippen molar-refractivity contribution in [1.29, 1.82) is 0 Å². The molecular formula is C15H19FN2OS2. The summed E-state index contributed by atoms with van der Waals surface area (Å²) < 4.78 is 13.1. The first kappa shape index (κ1) is 16.2. The Balaban J connectivity index is 2.13. The van der Waals surface area contributed by atoms with Crippen molar-refractivity contribution in [3.8, 4) is 0 Å². The van der Waals surface area contributed by atoms with Crippen LogP contribution >= 0.6 is 24.0 Å². The van der Waals surface area contributed by atoms with Crippen LogP contribution in [0.3, 0.4) is 0 Å². The van der Waals surface area contributed by atoms with E-state index in [2.05, 4.69) is 0 Å². The number of thiocarbonyl (C=S) groups is 1. The molecule has 114 valence electrons. The molecule has 2 N–H and O–H groups in total. The summed E-state index contributed by atoms with van der Waals surface area (Å²) in [6, 6.07) is 4.31. The van der Waals surface area contributed by atoms with Gasteiger partial charge in [0, 0.05) is 18.7 Å². The number of amides is 1. The number of hydrogen-bond donors (Lipinski definition) is 1. The number of hydrogen-bond acceptors (Lipinski definition) is 3. The maximum Gasteiger partial charge on any atom is 0.254 e. The maximum atomic E-state index is 13.4. The Morgan fingerprint density at radius 3 is 2.57 bits per heavy atom. The summed E-state index contributed by atoms with van der Waals surface area (Å²) in [5.74, 6) is -0.507. The van der Waals surface area contributed by atoms with Crippen LogP contribution in [0.1, 0.15) is 28.8 Å². The molecule has 1 amide bonds. The van der Waals surface area contributed by atoms with Crippen molar-refractivity contribution in [3.05, 3.63) is 35.1 Å². The molecule has 0 unspecified atom stereocenters. The average Bonchev–Trinajstić information content (AvgIpc) is 2.49. The van der Waals surface area contributed by atoms with Gasteiger partial charge >= 0.3 is 0 Å². The fourth-order valence-electron chi connectivity index (χ4n) is 2.62. The van der Waals surface area contributed by atoms with E-state index in [1.807, 2.05) is 13.2 Å². The van der Waals surface area contributed by atoms with Crippen LogP contribution in [0.25, 0.3) is 0 Å². The zero-order valence-corrected chi connectivity index (χ0v) is 13.8. The van der Waals surface area contributed by atoms with Gasteiger partial charge in [-0.1, -0.05) is 18.3 Å². The number of likely N-dealkylation sites (tertiary alicyclic amines) is 1. The van der Waals surface area contributed by atoms with Crippen molar-refractivity contribution >= 4 is 34.9 Å². The number of nitrogens with two attached hydrogens (primary N) is 1. The van der Waals surface area contributed by atoms with E-state index in [1.165, 1.54) is 12.1 Å². The fraction of sp³-hybridized carbons (Fsp3) is 0.467. The second-order valence-corrected chi connectivity index (χ2v) is 6.94. The van der Waals surface area contributed by atoms with Crippen LogP contribution in [-0.2, 0) is 0 Å². The lowest BCUT2D eigenvalue weighted by Crippen LogP contribution is -2.50. The van der Waals surface area contributed by atoms with E-state index in [1.54, 1.807) is 22.7 Å². The Kier molecular flexibility index (Phi) is 4.88. The van der Waals surface area contributed by atoms with Crippen LogP contribution in [0.5, 0.6) is 0 Å². The number of piperidine rings is 1. The first-order valence-electron chi connectivity index (χ1n) is 6.80.